The van der Waals surface area contributed by atoms with Gasteiger partial charge in [-0.1, -0.05) is 140 Å². The van der Waals surface area contributed by atoms with Gasteiger partial charge in [-0.25, -0.2) is 0 Å². The highest BCUT2D eigenvalue weighted by molar-refractivity contribution is 6.19. The second-order valence-corrected chi connectivity index (χ2v) is 13.7. The molecular weight excluding hydrogens is 645 g/mol. The standard InChI is InChI=1S/C50H32N2O/c1-3-16-37-33(13-1)15-11-25-43(37)51(46-23-9-10-24-47(46)52-44-21-7-5-18-40(44)41-19-6-8-22-45(41)52)36-30-27-35(28-31-36)38-20-12-26-48-49(38)42-32-29-34-14-2-4-17-39(34)50(42)53-48/h1-32H. The van der Waals surface area contributed by atoms with Crippen molar-refractivity contribution in [1.29, 1.82) is 0 Å². The van der Waals surface area contributed by atoms with Crippen molar-refractivity contribution in [2.45, 2.75) is 0 Å². The van der Waals surface area contributed by atoms with Gasteiger partial charge >= 0.3 is 0 Å². The minimum absolute atomic E-state index is 0.899. The Bertz CT molecular complexity index is 3130. The van der Waals surface area contributed by atoms with Crippen LogP contribution in [0.3, 0.4) is 0 Å². The SMILES string of the molecule is c1ccc(-n2c3ccccc3c3ccccc32)c(N(c2ccc(-c3cccc4oc5c6ccccc6ccc5c34)cc2)c2cccc3ccccc23)c1. The van der Waals surface area contributed by atoms with Crippen LogP contribution in [-0.4, -0.2) is 4.57 Å². The molecule has 0 radical (unpaired) electrons. The van der Waals surface area contributed by atoms with Crippen LogP contribution in [0, 0.1) is 0 Å². The van der Waals surface area contributed by atoms with Gasteiger partial charge in [0, 0.05) is 38.0 Å². The Hall–Kier alpha value is -7.10. The predicted molar refractivity (Wildman–Crippen MR) is 223 cm³/mol. The van der Waals surface area contributed by atoms with Crippen LogP contribution in [-0.2, 0) is 0 Å². The molecule has 0 aliphatic rings. The highest BCUT2D eigenvalue weighted by Gasteiger charge is 2.22. The smallest absolute Gasteiger partial charge is 0.143 e. The number of hydrogen-bond acceptors (Lipinski definition) is 2. The normalized spacial score (nSPS) is 11.8. The molecule has 3 nitrogen and oxygen atoms in total. The van der Waals surface area contributed by atoms with Gasteiger partial charge < -0.3 is 13.9 Å². The first-order valence-corrected chi connectivity index (χ1v) is 18.1. The highest BCUT2D eigenvalue weighted by atomic mass is 16.3. The first-order valence-electron chi connectivity index (χ1n) is 18.1. The summed E-state index contributed by atoms with van der Waals surface area (Å²) in [6.07, 6.45) is 0. The molecule has 11 rings (SSSR count). The van der Waals surface area contributed by atoms with E-state index in [0.717, 1.165) is 61.2 Å². The molecule has 0 aliphatic heterocycles. The summed E-state index contributed by atoms with van der Waals surface area (Å²) in [5.41, 5.74) is 10.9. The summed E-state index contributed by atoms with van der Waals surface area (Å²) >= 11 is 0. The van der Waals surface area contributed by atoms with Crippen LogP contribution in [0.1, 0.15) is 0 Å². The number of furan rings is 1. The molecule has 0 saturated carbocycles. The number of fused-ring (bicyclic) bond motifs is 9. The Balaban J connectivity index is 1.13. The molecular formula is C50H32N2O. The Morgan fingerprint density at radius 3 is 1.75 bits per heavy atom. The topological polar surface area (TPSA) is 21.3 Å². The van der Waals surface area contributed by atoms with E-state index in [9.17, 15) is 0 Å². The van der Waals surface area contributed by atoms with Gasteiger partial charge in [0.1, 0.15) is 11.2 Å². The van der Waals surface area contributed by atoms with E-state index in [0.29, 0.717) is 0 Å². The molecule has 0 atom stereocenters. The van der Waals surface area contributed by atoms with Crippen LogP contribution < -0.4 is 4.90 Å². The van der Waals surface area contributed by atoms with Crippen LogP contribution in [0.5, 0.6) is 0 Å². The molecule has 0 fully saturated rings. The zero-order valence-electron chi connectivity index (χ0n) is 28.8. The number of nitrogens with zero attached hydrogens (tertiary/aromatic N) is 2. The fourth-order valence-corrected chi connectivity index (χ4v) is 8.42. The van der Waals surface area contributed by atoms with Crippen molar-refractivity contribution in [2.75, 3.05) is 4.90 Å². The summed E-state index contributed by atoms with van der Waals surface area (Å²) in [6.45, 7) is 0. The molecule has 0 aliphatic carbocycles. The van der Waals surface area contributed by atoms with E-state index in [2.05, 4.69) is 204 Å². The summed E-state index contributed by atoms with van der Waals surface area (Å²) in [5.74, 6) is 0. The fraction of sp³-hybridized carbons (Fsp3) is 0. The zero-order valence-corrected chi connectivity index (χ0v) is 28.8. The Labute approximate surface area is 306 Å². The van der Waals surface area contributed by atoms with Crippen molar-refractivity contribution in [3.8, 4) is 16.8 Å². The van der Waals surface area contributed by atoms with Gasteiger partial charge in [0.05, 0.1) is 28.1 Å². The molecule has 0 bridgehead atoms. The molecule has 0 spiro atoms. The van der Waals surface area contributed by atoms with Crippen molar-refractivity contribution in [3.05, 3.63) is 194 Å². The van der Waals surface area contributed by atoms with Crippen molar-refractivity contribution in [2.24, 2.45) is 0 Å². The van der Waals surface area contributed by atoms with E-state index in [1.807, 2.05) is 0 Å². The van der Waals surface area contributed by atoms with E-state index < -0.39 is 0 Å². The molecule has 0 amide bonds. The van der Waals surface area contributed by atoms with Gasteiger partial charge in [0.2, 0.25) is 0 Å². The summed E-state index contributed by atoms with van der Waals surface area (Å²) in [6, 6.07) is 69.7. The molecule has 2 heterocycles. The minimum atomic E-state index is 0.899. The van der Waals surface area contributed by atoms with E-state index in [-0.39, 0.29) is 0 Å². The molecule has 11 aromatic rings. The number of benzene rings is 9. The van der Waals surface area contributed by atoms with Gasteiger partial charge in [-0.2, -0.15) is 0 Å². The largest absolute Gasteiger partial charge is 0.455 e. The number of rotatable bonds is 5. The first-order chi connectivity index (χ1) is 26.3. The van der Waals surface area contributed by atoms with Gasteiger partial charge in [-0.05, 0) is 76.5 Å². The molecule has 2 aromatic heterocycles. The summed E-state index contributed by atoms with van der Waals surface area (Å²) in [5, 5.41) is 9.47. The monoisotopic (exact) mass is 676 g/mol. The third-order valence-electron chi connectivity index (χ3n) is 10.8. The van der Waals surface area contributed by atoms with Crippen LogP contribution in [0.25, 0.3) is 82.1 Å². The second-order valence-electron chi connectivity index (χ2n) is 13.7. The maximum absolute atomic E-state index is 6.55. The maximum Gasteiger partial charge on any atom is 0.143 e. The van der Waals surface area contributed by atoms with Gasteiger partial charge in [0.15, 0.2) is 0 Å². The lowest BCUT2D eigenvalue weighted by atomic mass is 9.97. The first kappa shape index (κ1) is 29.6. The van der Waals surface area contributed by atoms with Crippen LogP contribution in [0.15, 0.2) is 199 Å². The molecule has 0 unspecified atom stereocenters. The molecule has 9 aromatic carbocycles. The van der Waals surface area contributed by atoms with Crippen LogP contribution in [0.4, 0.5) is 17.1 Å². The van der Waals surface area contributed by atoms with E-state index in [1.54, 1.807) is 0 Å². The Kier molecular flexibility index (Phi) is 6.55. The van der Waals surface area contributed by atoms with E-state index >= 15 is 0 Å². The van der Waals surface area contributed by atoms with Gasteiger partial charge in [-0.3, -0.25) is 0 Å². The maximum atomic E-state index is 6.55. The average molecular weight is 677 g/mol. The third-order valence-corrected chi connectivity index (χ3v) is 10.8. The Morgan fingerprint density at radius 2 is 0.981 bits per heavy atom. The summed E-state index contributed by atoms with van der Waals surface area (Å²) < 4.78 is 8.96. The molecule has 53 heavy (non-hydrogen) atoms. The lowest BCUT2D eigenvalue weighted by molar-refractivity contribution is 0.673. The summed E-state index contributed by atoms with van der Waals surface area (Å²) in [4.78, 5) is 2.42. The fourth-order valence-electron chi connectivity index (χ4n) is 8.42. The molecule has 0 N–H and O–H groups in total. The summed E-state index contributed by atoms with van der Waals surface area (Å²) in [7, 11) is 0. The average Bonchev–Trinajstić information content (AvgIpc) is 3.78. The Morgan fingerprint density at radius 1 is 0.396 bits per heavy atom. The molecule has 248 valence electrons. The van der Waals surface area contributed by atoms with Crippen LogP contribution in [0.2, 0.25) is 0 Å². The number of para-hydroxylation sites is 4. The third kappa shape index (κ3) is 4.54. The van der Waals surface area contributed by atoms with Crippen molar-refractivity contribution >= 4 is 82.4 Å². The van der Waals surface area contributed by atoms with Crippen molar-refractivity contribution in [1.82, 2.24) is 4.57 Å². The quantitative estimate of drug-likeness (QED) is 0.181. The lowest BCUT2D eigenvalue weighted by Gasteiger charge is -2.29. The molecule has 0 saturated heterocycles. The van der Waals surface area contributed by atoms with Crippen molar-refractivity contribution < 1.29 is 4.42 Å². The number of hydrogen-bond donors (Lipinski definition) is 0. The predicted octanol–water partition coefficient (Wildman–Crippen LogP) is 14.1. The second kappa shape index (κ2) is 11.7. The van der Waals surface area contributed by atoms with Gasteiger partial charge in [0.25, 0.3) is 0 Å². The van der Waals surface area contributed by atoms with E-state index in [1.165, 1.54) is 38.0 Å². The zero-order chi connectivity index (χ0) is 34.9. The number of anilines is 3. The van der Waals surface area contributed by atoms with E-state index in [4.69, 9.17) is 4.42 Å². The van der Waals surface area contributed by atoms with Gasteiger partial charge in [-0.15, -0.1) is 0 Å². The molecule has 3 heteroatoms. The van der Waals surface area contributed by atoms with Crippen LogP contribution >= 0.6 is 0 Å². The highest BCUT2D eigenvalue weighted by Crippen LogP contribution is 2.45. The van der Waals surface area contributed by atoms with Crippen molar-refractivity contribution in [3.63, 3.8) is 0 Å². The minimum Gasteiger partial charge on any atom is -0.455 e. The lowest BCUT2D eigenvalue weighted by Crippen LogP contribution is -2.13. The number of aromatic nitrogens is 1.